The molecule has 0 radical (unpaired) electrons. The summed E-state index contributed by atoms with van der Waals surface area (Å²) in [7, 11) is 0. The molecule has 132 valence electrons. The maximum atomic E-state index is 12.1. The number of rotatable bonds is 4. The average Bonchev–Trinajstić information content (AvgIpc) is 3.12. The van der Waals surface area contributed by atoms with Crippen molar-refractivity contribution in [1.82, 2.24) is 5.16 Å². The van der Waals surface area contributed by atoms with Crippen molar-refractivity contribution in [3.63, 3.8) is 0 Å². The van der Waals surface area contributed by atoms with Crippen LogP contribution in [0, 0.1) is 13.8 Å². The lowest BCUT2D eigenvalue weighted by atomic mass is 10.1. The fourth-order valence-electron chi connectivity index (χ4n) is 2.34. The van der Waals surface area contributed by atoms with Crippen LogP contribution in [0.25, 0.3) is 11.3 Å². The Bertz CT molecular complexity index is 975. The molecule has 1 aromatic heterocycles. The number of nitrogen functional groups attached to an aromatic ring is 1. The molecule has 3 rings (SSSR count). The zero-order valence-corrected chi connectivity index (χ0v) is 14.4. The minimum Gasteiger partial charge on any atom is -0.398 e. The third kappa shape index (κ3) is 3.56. The fraction of sp³-hybridized carbons (Fsp3) is 0.105. The molecule has 0 spiro atoms. The van der Waals surface area contributed by atoms with Crippen LogP contribution in [-0.2, 0) is 4.84 Å². The van der Waals surface area contributed by atoms with E-state index in [1.165, 1.54) is 6.07 Å². The molecule has 0 aliphatic rings. The molecule has 3 aromatic rings. The summed E-state index contributed by atoms with van der Waals surface area (Å²) in [6, 6.07) is 14.4. The van der Waals surface area contributed by atoms with Gasteiger partial charge < -0.3 is 20.8 Å². The monoisotopic (exact) mass is 350 g/mol. The Morgan fingerprint density at radius 2 is 1.88 bits per heavy atom. The summed E-state index contributed by atoms with van der Waals surface area (Å²) in [5.74, 6) is -0.261. The Hall–Kier alpha value is -3.61. The molecule has 0 unspecified atom stereocenters. The number of anilines is 1. The van der Waals surface area contributed by atoms with Crippen LogP contribution in [0.5, 0.6) is 0 Å². The van der Waals surface area contributed by atoms with Crippen molar-refractivity contribution in [2.75, 3.05) is 5.73 Å². The quantitative estimate of drug-likeness (QED) is 0.246. The highest BCUT2D eigenvalue weighted by molar-refractivity contribution is 6.00. The summed E-state index contributed by atoms with van der Waals surface area (Å²) in [6.07, 6.45) is 0. The number of benzene rings is 2. The van der Waals surface area contributed by atoms with E-state index in [1.807, 2.05) is 31.2 Å². The molecule has 0 atom stereocenters. The van der Waals surface area contributed by atoms with Crippen LogP contribution >= 0.6 is 0 Å². The van der Waals surface area contributed by atoms with Gasteiger partial charge in [0.15, 0.2) is 17.3 Å². The largest absolute Gasteiger partial charge is 0.398 e. The van der Waals surface area contributed by atoms with Crippen LogP contribution < -0.4 is 11.5 Å². The highest BCUT2D eigenvalue weighted by Crippen LogP contribution is 2.21. The van der Waals surface area contributed by atoms with Gasteiger partial charge in [-0.05, 0) is 25.5 Å². The Balaban J connectivity index is 1.74. The Morgan fingerprint density at radius 1 is 1.15 bits per heavy atom. The van der Waals surface area contributed by atoms with Crippen molar-refractivity contribution in [2.24, 2.45) is 10.9 Å². The average molecular weight is 350 g/mol. The second-order valence-corrected chi connectivity index (χ2v) is 5.82. The topological polar surface area (TPSA) is 117 Å². The summed E-state index contributed by atoms with van der Waals surface area (Å²) >= 11 is 0. The fourth-order valence-corrected chi connectivity index (χ4v) is 2.34. The van der Waals surface area contributed by atoms with Gasteiger partial charge in [0.25, 0.3) is 0 Å². The number of hydrogen-bond donors (Lipinski definition) is 2. The Labute approximate surface area is 150 Å². The van der Waals surface area contributed by atoms with E-state index in [0.29, 0.717) is 17.0 Å². The summed E-state index contributed by atoms with van der Waals surface area (Å²) in [4.78, 5) is 17.0. The van der Waals surface area contributed by atoms with Crippen LogP contribution in [0.4, 0.5) is 5.69 Å². The van der Waals surface area contributed by atoms with E-state index < -0.39 is 5.97 Å². The van der Waals surface area contributed by atoms with Crippen molar-refractivity contribution in [3.05, 3.63) is 70.9 Å². The zero-order valence-electron chi connectivity index (χ0n) is 14.4. The van der Waals surface area contributed by atoms with Crippen molar-refractivity contribution in [1.29, 1.82) is 0 Å². The van der Waals surface area contributed by atoms with Gasteiger partial charge in [0.1, 0.15) is 0 Å². The molecule has 0 saturated carbocycles. The first-order valence-electron chi connectivity index (χ1n) is 7.89. The SMILES string of the molecule is Cc1ccc(-c2cc(C(=O)O/N=C(\N)c3cccc(N)c3C)no2)cc1. The van der Waals surface area contributed by atoms with E-state index in [1.54, 1.807) is 25.1 Å². The molecule has 7 heteroatoms. The van der Waals surface area contributed by atoms with Crippen molar-refractivity contribution in [3.8, 4) is 11.3 Å². The summed E-state index contributed by atoms with van der Waals surface area (Å²) in [5, 5.41) is 7.39. The molecule has 7 nitrogen and oxygen atoms in total. The lowest BCUT2D eigenvalue weighted by Gasteiger charge is -2.06. The van der Waals surface area contributed by atoms with E-state index in [2.05, 4.69) is 10.3 Å². The second-order valence-electron chi connectivity index (χ2n) is 5.82. The van der Waals surface area contributed by atoms with E-state index in [-0.39, 0.29) is 11.5 Å². The molecule has 0 bridgehead atoms. The van der Waals surface area contributed by atoms with Crippen LogP contribution in [0.15, 0.2) is 58.2 Å². The number of oxime groups is 1. The molecule has 4 N–H and O–H groups in total. The van der Waals surface area contributed by atoms with Gasteiger partial charge in [-0.15, -0.1) is 0 Å². The number of hydrogen-bond acceptors (Lipinski definition) is 6. The number of aromatic nitrogens is 1. The minimum atomic E-state index is -0.767. The van der Waals surface area contributed by atoms with Gasteiger partial charge in [-0.2, -0.15) is 0 Å². The van der Waals surface area contributed by atoms with Gasteiger partial charge in [0.2, 0.25) is 0 Å². The van der Waals surface area contributed by atoms with Crippen LogP contribution in [-0.4, -0.2) is 17.0 Å². The van der Waals surface area contributed by atoms with Crippen LogP contribution in [0.1, 0.15) is 27.2 Å². The summed E-state index contributed by atoms with van der Waals surface area (Å²) in [6.45, 7) is 3.79. The molecule has 1 heterocycles. The van der Waals surface area contributed by atoms with Gasteiger partial charge in [-0.25, -0.2) is 4.79 Å². The molecule has 0 fully saturated rings. The second kappa shape index (κ2) is 7.10. The Kier molecular flexibility index (Phi) is 4.70. The third-order valence-corrected chi connectivity index (χ3v) is 3.93. The van der Waals surface area contributed by atoms with Gasteiger partial charge in [-0.1, -0.05) is 52.3 Å². The van der Waals surface area contributed by atoms with E-state index >= 15 is 0 Å². The predicted molar refractivity (Wildman–Crippen MR) is 98.4 cm³/mol. The summed E-state index contributed by atoms with van der Waals surface area (Å²) in [5.41, 5.74) is 15.6. The first kappa shape index (κ1) is 17.2. The zero-order chi connectivity index (χ0) is 18.7. The number of nitrogens with two attached hydrogens (primary N) is 2. The Morgan fingerprint density at radius 3 is 2.62 bits per heavy atom. The van der Waals surface area contributed by atoms with Gasteiger partial charge in [0, 0.05) is 22.9 Å². The lowest BCUT2D eigenvalue weighted by molar-refractivity contribution is 0.0504. The molecule has 2 aromatic carbocycles. The van der Waals surface area contributed by atoms with E-state index in [0.717, 1.165) is 16.7 Å². The first-order valence-corrected chi connectivity index (χ1v) is 7.89. The number of nitrogens with zero attached hydrogens (tertiary/aromatic N) is 2. The van der Waals surface area contributed by atoms with Gasteiger partial charge in [0.05, 0.1) is 0 Å². The van der Waals surface area contributed by atoms with Crippen molar-refractivity contribution in [2.45, 2.75) is 13.8 Å². The van der Waals surface area contributed by atoms with Gasteiger partial charge in [-0.3, -0.25) is 0 Å². The summed E-state index contributed by atoms with van der Waals surface area (Å²) < 4.78 is 5.19. The maximum absolute atomic E-state index is 12.1. The highest BCUT2D eigenvalue weighted by Gasteiger charge is 2.16. The smallest absolute Gasteiger partial charge is 0.387 e. The first-order chi connectivity index (χ1) is 12.5. The molecular formula is C19H18N4O3. The van der Waals surface area contributed by atoms with Crippen LogP contribution in [0.2, 0.25) is 0 Å². The molecular weight excluding hydrogens is 332 g/mol. The number of carbonyl (C=O) groups is 1. The third-order valence-electron chi connectivity index (χ3n) is 3.93. The molecule has 0 aliphatic carbocycles. The molecule has 0 saturated heterocycles. The standard InChI is InChI=1S/C19H18N4O3/c1-11-6-8-13(9-7-11)17-10-16(22-25-17)19(24)26-23-18(21)14-4-3-5-15(20)12(14)2/h3-10H,20H2,1-2H3,(H2,21,23). The minimum absolute atomic E-state index is 0.00132. The number of amidine groups is 1. The number of aryl methyl sites for hydroxylation is 1. The van der Waals surface area contributed by atoms with Crippen molar-refractivity contribution < 1.29 is 14.2 Å². The van der Waals surface area contributed by atoms with E-state index in [9.17, 15) is 4.79 Å². The number of carbonyl (C=O) groups excluding carboxylic acids is 1. The lowest BCUT2D eigenvalue weighted by Crippen LogP contribution is -2.17. The normalized spacial score (nSPS) is 11.4. The molecule has 0 amide bonds. The van der Waals surface area contributed by atoms with Crippen molar-refractivity contribution >= 4 is 17.5 Å². The maximum Gasteiger partial charge on any atom is 0.387 e. The molecule has 0 aliphatic heterocycles. The highest BCUT2D eigenvalue weighted by atomic mass is 16.7. The molecule has 26 heavy (non-hydrogen) atoms. The van der Waals surface area contributed by atoms with Gasteiger partial charge >= 0.3 is 5.97 Å². The van der Waals surface area contributed by atoms with E-state index in [4.69, 9.17) is 20.8 Å². The van der Waals surface area contributed by atoms with Crippen LogP contribution in [0.3, 0.4) is 0 Å². The predicted octanol–water partition coefficient (Wildman–Crippen LogP) is 3.02.